The number of carboxylic acids is 2. The molecule has 2 aromatic rings. The fraction of sp³-hybridized carbons (Fsp3) is 0.143. The monoisotopic (exact) mass is 324 g/mol. The maximum absolute atomic E-state index is 11.4. The van der Waals surface area contributed by atoms with Crippen LogP contribution in [0.5, 0.6) is 0 Å². The van der Waals surface area contributed by atoms with E-state index >= 15 is 0 Å². The summed E-state index contributed by atoms with van der Waals surface area (Å²) in [6.07, 6.45) is 0. The Hall–Kier alpha value is -2.21. The molecule has 116 valence electrons. The Kier molecular flexibility index (Phi) is 4.32. The van der Waals surface area contributed by atoms with Crippen LogP contribution in [0.25, 0.3) is 10.8 Å². The number of carbonyl (C=O) groups is 2. The predicted octanol–water partition coefficient (Wildman–Crippen LogP) is 1.64. The van der Waals surface area contributed by atoms with Crippen LogP contribution in [0.4, 0.5) is 0 Å². The van der Waals surface area contributed by atoms with Gasteiger partial charge in [0.2, 0.25) is 0 Å². The summed E-state index contributed by atoms with van der Waals surface area (Å²) >= 11 is 0. The molecular formula is C14H13O7P. The molecule has 2 unspecified atom stereocenters. The predicted molar refractivity (Wildman–Crippen MR) is 77.8 cm³/mol. The van der Waals surface area contributed by atoms with Crippen molar-refractivity contribution in [1.82, 2.24) is 0 Å². The quantitative estimate of drug-likeness (QED) is 0.615. The van der Waals surface area contributed by atoms with Crippen molar-refractivity contribution in [1.29, 1.82) is 0 Å². The van der Waals surface area contributed by atoms with Crippen LogP contribution in [0.2, 0.25) is 0 Å². The van der Waals surface area contributed by atoms with E-state index in [9.17, 15) is 29.0 Å². The van der Waals surface area contributed by atoms with Crippen LogP contribution in [-0.4, -0.2) is 37.6 Å². The lowest BCUT2D eigenvalue weighted by Gasteiger charge is -2.21. The molecule has 7 nitrogen and oxygen atoms in total. The highest BCUT2D eigenvalue weighted by Crippen LogP contribution is 2.48. The van der Waals surface area contributed by atoms with Gasteiger partial charge in [0.15, 0.2) is 5.66 Å². The Morgan fingerprint density at radius 2 is 1.50 bits per heavy atom. The summed E-state index contributed by atoms with van der Waals surface area (Å²) in [7, 11) is -5.15. The fourth-order valence-electron chi connectivity index (χ4n) is 2.34. The molecule has 2 atom stereocenters. The molecule has 0 aliphatic carbocycles. The largest absolute Gasteiger partial charge is 0.481 e. The Labute approximate surface area is 125 Å². The van der Waals surface area contributed by atoms with E-state index in [0.717, 1.165) is 5.39 Å². The lowest BCUT2D eigenvalue weighted by atomic mass is 9.93. The molecule has 0 aromatic heterocycles. The second kappa shape index (κ2) is 5.88. The molecule has 0 saturated carbocycles. The minimum atomic E-state index is -5.15. The lowest BCUT2D eigenvalue weighted by molar-refractivity contribution is -0.145. The number of aliphatic carboxylic acids is 2. The minimum absolute atomic E-state index is 0.0296. The minimum Gasteiger partial charge on any atom is -0.481 e. The molecule has 0 saturated heterocycles. The fourth-order valence-corrected chi connectivity index (χ4v) is 3.32. The summed E-state index contributed by atoms with van der Waals surface area (Å²) in [4.78, 5) is 41.0. The van der Waals surface area contributed by atoms with Gasteiger partial charge in [0.25, 0.3) is 0 Å². The van der Waals surface area contributed by atoms with Gasteiger partial charge in [-0.05, 0) is 16.3 Å². The Morgan fingerprint density at radius 1 is 0.909 bits per heavy atom. The third kappa shape index (κ3) is 3.17. The van der Waals surface area contributed by atoms with Crippen LogP contribution in [0.15, 0.2) is 42.5 Å². The molecule has 0 fully saturated rings. The van der Waals surface area contributed by atoms with Gasteiger partial charge in [0.05, 0.1) is 0 Å². The maximum atomic E-state index is 11.4. The summed E-state index contributed by atoms with van der Waals surface area (Å²) in [5.41, 5.74) is -2.31. The van der Waals surface area contributed by atoms with Crippen LogP contribution in [-0.2, 0) is 14.2 Å². The molecule has 0 spiro atoms. The van der Waals surface area contributed by atoms with Gasteiger partial charge < -0.3 is 20.0 Å². The van der Waals surface area contributed by atoms with Gasteiger partial charge in [0.1, 0.15) is 5.92 Å². The van der Waals surface area contributed by atoms with E-state index in [1.54, 1.807) is 30.3 Å². The molecule has 0 amide bonds. The maximum Gasteiger partial charge on any atom is 0.341 e. The number of carboxylic acid groups (broad SMARTS) is 2. The van der Waals surface area contributed by atoms with Crippen LogP contribution < -0.4 is 0 Å². The molecule has 8 heteroatoms. The van der Waals surface area contributed by atoms with Crippen molar-refractivity contribution < 1.29 is 34.2 Å². The molecule has 2 aromatic carbocycles. The first-order valence-corrected chi connectivity index (χ1v) is 7.89. The normalized spacial score (nSPS) is 14.5. The number of hydrogen-bond acceptors (Lipinski definition) is 3. The number of fused-ring (bicyclic) bond motifs is 1. The first-order valence-electron chi connectivity index (χ1n) is 6.21. The van der Waals surface area contributed by atoms with E-state index in [1.165, 1.54) is 12.1 Å². The zero-order valence-corrected chi connectivity index (χ0v) is 12.1. The zero-order chi connectivity index (χ0) is 16.5. The van der Waals surface area contributed by atoms with Crippen LogP contribution in [0.3, 0.4) is 0 Å². The molecular weight excluding hydrogens is 311 g/mol. The molecule has 2 rings (SSSR count). The van der Waals surface area contributed by atoms with Crippen molar-refractivity contribution in [2.24, 2.45) is 0 Å². The van der Waals surface area contributed by atoms with Crippen molar-refractivity contribution in [2.45, 2.75) is 11.6 Å². The van der Waals surface area contributed by atoms with E-state index in [0.29, 0.717) is 5.39 Å². The van der Waals surface area contributed by atoms with E-state index in [-0.39, 0.29) is 5.56 Å². The first kappa shape index (κ1) is 16.2. The summed E-state index contributed by atoms with van der Waals surface area (Å²) in [5.74, 6) is -5.30. The second-order valence-electron chi connectivity index (χ2n) is 4.79. The summed E-state index contributed by atoms with van der Waals surface area (Å²) in [5, 5.41) is 19.8. The van der Waals surface area contributed by atoms with Crippen molar-refractivity contribution in [3.8, 4) is 0 Å². The van der Waals surface area contributed by atoms with E-state index < -0.39 is 31.1 Å². The molecule has 0 radical (unpaired) electrons. The number of hydrogen-bond donors (Lipinski definition) is 4. The van der Waals surface area contributed by atoms with Gasteiger partial charge >= 0.3 is 19.5 Å². The molecule has 0 aliphatic heterocycles. The number of benzene rings is 2. The van der Waals surface area contributed by atoms with Gasteiger partial charge in [0, 0.05) is 0 Å². The Morgan fingerprint density at radius 3 is 2.00 bits per heavy atom. The molecule has 0 aliphatic rings. The van der Waals surface area contributed by atoms with Crippen molar-refractivity contribution in [3.63, 3.8) is 0 Å². The SMILES string of the molecule is O=C(O)C(c1ccc2ccccc2c1)C(C(=O)O)P(=O)(O)O. The van der Waals surface area contributed by atoms with Crippen LogP contribution in [0.1, 0.15) is 11.5 Å². The van der Waals surface area contributed by atoms with E-state index in [2.05, 4.69) is 0 Å². The Balaban J connectivity index is 2.61. The van der Waals surface area contributed by atoms with Crippen molar-refractivity contribution >= 4 is 30.3 Å². The van der Waals surface area contributed by atoms with Gasteiger partial charge in [-0.25, -0.2) is 0 Å². The van der Waals surface area contributed by atoms with Crippen LogP contribution >= 0.6 is 7.60 Å². The second-order valence-corrected chi connectivity index (χ2v) is 6.53. The van der Waals surface area contributed by atoms with Gasteiger partial charge in [-0.15, -0.1) is 0 Å². The third-order valence-corrected chi connectivity index (χ3v) is 4.57. The van der Waals surface area contributed by atoms with Gasteiger partial charge in [-0.3, -0.25) is 14.2 Å². The average molecular weight is 324 g/mol. The molecule has 0 bridgehead atoms. The summed E-state index contributed by atoms with van der Waals surface area (Å²) in [6, 6.07) is 11.4. The third-order valence-electron chi connectivity index (χ3n) is 3.33. The van der Waals surface area contributed by atoms with E-state index in [4.69, 9.17) is 5.11 Å². The van der Waals surface area contributed by atoms with Crippen molar-refractivity contribution in [3.05, 3.63) is 48.0 Å². The van der Waals surface area contributed by atoms with Crippen molar-refractivity contribution in [2.75, 3.05) is 0 Å². The average Bonchev–Trinajstić information content (AvgIpc) is 2.42. The smallest absolute Gasteiger partial charge is 0.341 e. The first-order chi connectivity index (χ1) is 10.2. The zero-order valence-electron chi connectivity index (χ0n) is 11.2. The van der Waals surface area contributed by atoms with Crippen LogP contribution in [0, 0.1) is 0 Å². The highest BCUT2D eigenvalue weighted by atomic mass is 31.2. The van der Waals surface area contributed by atoms with Gasteiger partial charge in [-0.1, -0.05) is 42.5 Å². The highest BCUT2D eigenvalue weighted by molar-refractivity contribution is 7.53. The summed E-state index contributed by atoms with van der Waals surface area (Å²) in [6.45, 7) is 0. The lowest BCUT2D eigenvalue weighted by Crippen LogP contribution is -2.33. The number of rotatable bonds is 5. The highest BCUT2D eigenvalue weighted by Gasteiger charge is 2.46. The van der Waals surface area contributed by atoms with E-state index in [1.807, 2.05) is 0 Å². The molecule has 4 N–H and O–H groups in total. The summed E-state index contributed by atoms with van der Waals surface area (Å²) < 4.78 is 11.4. The Bertz CT molecular complexity index is 780. The molecule has 0 heterocycles. The molecule has 22 heavy (non-hydrogen) atoms. The standard InChI is InChI=1S/C14H13O7P/c15-13(16)11(12(14(17)18)22(19,20)21)10-6-5-8-3-1-2-4-9(8)7-10/h1-7,11-12H,(H,15,16)(H,17,18)(H2,19,20,21). The topological polar surface area (TPSA) is 132 Å². The van der Waals surface area contributed by atoms with Gasteiger partial charge in [-0.2, -0.15) is 0 Å².